The van der Waals surface area contributed by atoms with Crippen LogP contribution in [-0.2, 0) is 0 Å². The summed E-state index contributed by atoms with van der Waals surface area (Å²) in [6, 6.07) is 14.5. The Morgan fingerprint density at radius 2 is 1.76 bits per heavy atom. The summed E-state index contributed by atoms with van der Waals surface area (Å²) in [4.78, 5) is 0. The van der Waals surface area contributed by atoms with E-state index in [0.29, 0.717) is 11.4 Å². The van der Waals surface area contributed by atoms with Gasteiger partial charge in [-0.1, -0.05) is 36.4 Å². The highest BCUT2D eigenvalue weighted by Gasteiger charge is 2.10. The van der Waals surface area contributed by atoms with Crippen molar-refractivity contribution in [2.24, 2.45) is 0 Å². The third kappa shape index (κ3) is 2.56. The van der Waals surface area contributed by atoms with Gasteiger partial charge in [-0.15, -0.1) is 0 Å². The number of nitrogens with one attached hydrogen (secondary N) is 1. The first kappa shape index (κ1) is 11.5. The zero-order chi connectivity index (χ0) is 12.3. The SMILES string of the molecule is CC(Nc1c(N)cccc1F)c1ccccc1. The van der Waals surface area contributed by atoms with Crippen LogP contribution >= 0.6 is 0 Å². The van der Waals surface area contributed by atoms with Crippen LogP contribution in [0.25, 0.3) is 0 Å². The van der Waals surface area contributed by atoms with Gasteiger partial charge in [0.15, 0.2) is 0 Å². The summed E-state index contributed by atoms with van der Waals surface area (Å²) in [7, 11) is 0. The van der Waals surface area contributed by atoms with Crippen LogP contribution in [0.3, 0.4) is 0 Å². The molecule has 3 N–H and O–H groups in total. The fourth-order valence-electron chi connectivity index (χ4n) is 1.73. The molecule has 0 amide bonds. The molecular formula is C14H15FN2. The fourth-order valence-corrected chi connectivity index (χ4v) is 1.73. The maximum atomic E-state index is 13.6. The third-order valence-corrected chi connectivity index (χ3v) is 2.71. The lowest BCUT2D eigenvalue weighted by Crippen LogP contribution is -2.09. The van der Waals surface area contributed by atoms with E-state index in [-0.39, 0.29) is 11.9 Å². The summed E-state index contributed by atoms with van der Waals surface area (Å²) in [5, 5.41) is 3.09. The molecular weight excluding hydrogens is 215 g/mol. The normalized spacial score (nSPS) is 12.1. The molecule has 0 aliphatic heterocycles. The van der Waals surface area contributed by atoms with Gasteiger partial charge < -0.3 is 11.1 Å². The van der Waals surface area contributed by atoms with E-state index in [0.717, 1.165) is 5.56 Å². The summed E-state index contributed by atoms with van der Waals surface area (Å²) in [6.07, 6.45) is 0. The molecule has 88 valence electrons. The van der Waals surface area contributed by atoms with E-state index in [1.165, 1.54) is 6.07 Å². The van der Waals surface area contributed by atoms with Crippen molar-refractivity contribution >= 4 is 11.4 Å². The highest BCUT2D eigenvalue weighted by Crippen LogP contribution is 2.26. The molecule has 0 aromatic heterocycles. The molecule has 0 heterocycles. The summed E-state index contributed by atoms with van der Waals surface area (Å²) in [5.41, 5.74) is 7.63. The molecule has 0 saturated heterocycles. The van der Waals surface area contributed by atoms with Crippen molar-refractivity contribution in [2.75, 3.05) is 11.1 Å². The number of rotatable bonds is 3. The first-order chi connectivity index (χ1) is 8.18. The van der Waals surface area contributed by atoms with Crippen molar-refractivity contribution in [3.8, 4) is 0 Å². The largest absolute Gasteiger partial charge is 0.397 e. The van der Waals surface area contributed by atoms with Gasteiger partial charge in [0.25, 0.3) is 0 Å². The Morgan fingerprint density at radius 3 is 2.41 bits per heavy atom. The van der Waals surface area contributed by atoms with Gasteiger partial charge in [-0.3, -0.25) is 0 Å². The Kier molecular flexibility index (Phi) is 3.28. The predicted octanol–water partition coefficient (Wildman–Crippen LogP) is 3.58. The second kappa shape index (κ2) is 4.87. The second-order valence-electron chi connectivity index (χ2n) is 3.98. The molecule has 0 saturated carbocycles. The molecule has 2 aromatic rings. The topological polar surface area (TPSA) is 38.0 Å². The molecule has 2 aromatic carbocycles. The summed E-state index contributed by atoms with van der Waals surface area (Å²) in [5.74, 6) is -0.326. The fraction of sp³-hybridized carbons (Fsp3) is 0.143. The molecule has 17 heavy (non-hydrogen) atoms. The zero-order valence-corrected chi connectivity index (χ0v) is 9.65. The number of nitrogen functional groups attached to an aromatic ring is 1. The number of benzene rings is 2. The molecule has 3 heteroatoms. The van der Waals surface area contributed by atoms with Gasteiger partial charge in [-0.2, -0.15) is 0 Å². The molecule has 0 bridgehead atoms. The van der Waals surface area contributed by atoms with E-state index in [4.69, 9.17) is 5.73 Å². The van der Waals surface area contributed by atoms with Crippen molar-refractivity contribution in [3.63, 3.8) is 0 Å². The Morgan fingerprint density at radius 1 is 1.06 bits per heavy atom. The van der Waals surface area contributed by atoms with Crippen molar-refractivity contribution in [2.45, 2.75) is 13.0 Å². The van der Waals surface area contributed by atoms with Gasteiger partial charge in [0.05, 0.1) is 11.4 Å². The standard InChI is InChI=1S/C14H15FN2/c1-10(11-6-3-2-4-7-11)17-14-12(15)8-5-9-13(14)16/h2-10,17H,16H2,1H3. The molecule has 1 unspecified atom stereocenters. The van der Waals surface area contributed by atoms with Crippen molar-refractivity contribution < 1.29 is 4.39 Å². The lowest BCUT2D eigenvalue weighted by Gasteiger charge is -2.17. The van der Waals surface area contributed by atoms with E-state index < -0.39 is 0 Å². The molecule has 0 spiro atoms. The van der Waals surface area contributed by atoms with Crippen LogP contribution in [0.1, 0.15) is 18.5 Å². The molecule has 2 nitrogen and oxygen atoms in total. The Balaban J connectivity index is 2.22. The van der Waals surface area contributed by atoms with Crippen molar-refractivity contribution in [1.29, 1.82) is 0 Å². The lowest BCUT2D eigenvalue weighted by atomic mass is 10.1. The van der Waals surface area contributed by atoms with Gasteiger partial charge in [-0.05, 0) is 24.6 Å². The van der Waals surface area contributed by atoms with Crippen molar-refractivity contribution in [1.82, 2.24) is 0 Å². The van der Waals surface area contributed by atoms with Crippen LogP contribution in [0, 0.1) is 5.82 Å². The first-order valence-electron chi connectivity index (χ1n) is 5.54. The predicted molar refractivity (Wildman–Crippen MR) is 69.3 cm³/mol. The smallest absolute Gasteiger partial charge is 0.148 e. The minimum atomic E-state index is -0.326. The molecule has 0 fully saturated rings. The Hall–Kier alpha value is -2.03. The van der Waals surface area contributed by atoms with E-state index in [1.807, 2.05) is 37.3 Å². The number of para-hydroxylation sites is 1. The van der Waals surface area contributed by atoms with E-state index >= 15 is 0 Å². The minimum Gasteiger partial charge on any atom is -0.397 e. The summed E-state index contributed by atoms with van der Waals surface area (Å²) >= 11 is 0. The molecule has 0 aliphatic rings. The number of anilines is 2. The molecule has 2 rings (SSSR count). The third-order valence-electron chi connectivity index (χ3n) is 2.71. The number of nitrogens with two attached hydrogens (primary N) is 1. The average molecular weight is 230 g/mol. The van der Waals surface area contributed by atoms with Gasteiger partial charge in [0.1, 0.15) is 5.82 Å². The minimum absolute atomic E-state index is 0.00963. The zero-order valence-electron chi connectivity index (χ0n) is 9.65. The Labute approximate surface area is 100 Å². The maximum absolute atomic E-state index is 13.6. The molecule has 1 atom stereocenters. The van der Waals surface area contributed by atoms with Crippen LogP contribution < -0.4 is 11.1 Å². The van der Waals surface area contributed by atoms with Crippen LogP contribution in [-0.4, -0.2) is 0 Å². The van der Waals surface area contributed by atoms with Crippen molar-refractivity contribution in [3.05, 3.63) is 59.9 Å². The van der Waals surface area contributed by atoms with Crippen LogP contribution in [0.2, 0.25) is 0 Å². The number of hydrogen-bond acceptors (Lipinski definition) is 2. The number of hydrogen-bond donors (Lipinski definition) is 2. The highest BCUT2D eigenvalue weighted by atomic mass is 19.1. The summed E-state index contributed by atoms with van der Waals surface area (Å²) in [6.45, 7) is 1.97. The van der Waals surface area contributed by atoms with E-state index in [1.54, 1.807) is 12.1 Å². The molecule has 0 aliphatic carbocycles. The van der Waals surface area contributed by atoms with E-state index in [2.05, 4.69) is 5.32 Å². The maximum Gasteiger partial charge on any atom is 0.148 e. The Bertz CT molecular complexity index is 477. The van der Waals surface area contributed by atoms with Gasteiger partial charge in [0, 0.05) is 6.04 Å². The number of halogens is 1. The monoisotopic (exact) mass is 230 g/mol. The summed E-state index contributed by atoms with van der Waals surface area (Å²) < 4.78 is 13.6. The lowest BCUT2D eigenvalue weighted by molar-refractivity contribution is 0.628. The van der Waals surface area contributed by atoms with E-state index in [9.17, 15) is 4.39 Å². The first-order valence-corrected chi connectivity index (χ1v) is 5.54. The van der Waals surface area contributed by atoms with Gasteiger partial charge in [-0.25, -0.2) is 4.39 Å². The average Bonchev–Trinajstić information content (AvgIpc) is 2.35. The molecule has 0 radical (unpaired) electrons. The quantitative estimate of drug-likeness (QED) is 0.791. The van der Waals surface area contributed by atoms with Gasteiger partial charge in [0.2, 0.25) is 0 Å². The van der Waals surface area contributed by atoms with Gasteiger partial charge >= 0.3 is 0 Å². The second-order valence-corrected chi connectivity index (χ2v) is 3.98. The highest BCUT2D eigenvalue weighted by molar-refractivity contribution is 5.67. The van der Waals surface area contributed by atoms with Crippen LogP contribution in [0.5, 0.6) is 0 Å². The van der Waals surface area contributed by atoms with Crippen LogP contribution in [0.4, 0.5) is 15.8 Å². The van der Waals surface area contributed by atoms with Crippen LogP contribution in [0.15, 0.2) is 48.5 Å².